The number of carbonyl (C=O) groups excluding carboxylic acids is 1. The second-order valence-corrected chi connectivity index (χ2v) is 4.51. The number of nitrogens with one attached hydrogen (secondary N) is 2. The van der Waals surface area contributed by atoms with Crippen molar-refractivity contribution in [1.82, 2.24) is 15.8 Å². The minimum absolute atomic E-state index is 0.374. The number of aromatic nitrogens is 1. The lowest BCUT2D eigenvalue weighted by atomic mass is 9.91. The Morgan fingerprint density at radius 2 is 2.41 bits per heavy atom. The molecule has 17 heavy (non-hydrogen) atoms. The van der Waals surface area contributed by atoms with Crippen molar-refractivity contribution < 1.29 is 10.0 Å². The lowest BCUT2D eigenvalue weighted by Gasteiger charge is -2.45. The summed E-state index contributed by atoms with van der Waals surface area (Å²) in [5.74, 6) is 0.186. The summed E-state index contributed by atoms with van der Waals surface area (Å²) >= 11 is 0. The summed E-state index contributed by atoms with van der Waals surface area (Å²) in [6.45, 7) is 3.07. The normalized spacial score (nSPS) is 26.3. The Bertz CT molecular complexity index is 451. The molecule has 0 bridgehead atoms. The van der Waals surface area contributed by atoms with Gasteiger partial charge in [0.2, 0.25) is 0 Å². The monoisotopic (exact) mass is 234 g/mol. The largest absolute Gasteiger partial charge is 0.365 e. The van der Waals surface area contributed by atoms with Gasteiger partial charge in [0.25, 0.3) is 5.91 Å². The number of rotatable bonds is 2. The third-order valence-corrected chi connectivity index (χ3v) is 3.55. The summed E-state index contributed by atoms with van der Waals surface area (Å²) in [6.07, 6.45) is 3.20. The number of hydrogen-bond acceptors (Lipinski definition) is 5. The maximum absolute atomic E-state index is 11.3. The van der Waals surface area contributed by atoms with Crippen molar-refractivity contribution in [1.29, 1.82) is 0 Å². The van der Waals surface area contributed by atoms with Crippen LogP contribution in [-0.4, -0.2) is 41.8 Å². The van der Waals surface area contributed by atoms with E-state index in [2.05, 4.69) is 15.2 Å². The van der Waals surface area contributed by atoms with Gasteiger partial charge < -0.3 is 10.2 Å². The van der Waals surface area contributed by atoms with Crippen LogP contribution in [0.3, 0.4) is 0 Å². The molecule has 1 aromatic heterocycles. The highest BCUT2D eigenvalue weighted by molar-refractivity contribution is 5.93. The quantitative estimate of drug-likeness (QED) is 0.480. The van der Waals surface area contributed by atoms with Crippen LogP contribution in [0, 0.1) is 5.92 Å². The lowest BCUT2D eigenvalue weighted by molar-refractivity contribution is 0.0706. The van der Waals surface area contributed by atoms with Gasteiger partial charge in [-0.25, -0.2) is 5.48 Å². The molecule has 0 aromatic carbocycles. The number of hydroxylamine groups is 1. The van der Waals surface area contributed by atoms with E-state index < -0.39 is 5.91 Å². The van der Waals surface area contributed by atoms with Gasteiger partial charge in [-0.05, 0) is 6.07 Å². The molecule has 0 saturated carbocycles. The van der Waals surface area contributed by atoms with Crippen LogP contribution in [0.15, 0.2) is 18.5 Å². The zero-order valence-electron chi connectivity index (χ0n) is 9.26. The van der Waals surface area contributed by atoms with Crippen molar-refractivity contribution in [3.63, 3.8) is 0 Å². The smallest absolute Gasteiger partial charge is 0.276 e. The Balaban J connectivity index is 1.82. The van der Waals surface area contributed by atoms with Crippen molar-refractivity contribution >= 4 is 11.6 Å². The fourth-order valence-corrected chi connectivity index (χ4v) is 2.59. The van der Waals surface area contributed by atoms with E-state index in [4.69, 9.17) is 5.21 Å². The van der Waals surface area contributed by atoms with E-state index in [0.29, 0.717) is 17.5 Å². The molecule has 0 radical (unpaired) electrons. The predicted octanol–water partition coefficient (Wildman–Crippen LogP) is -0.391. The average molecular weight is 234 g/mol. The Labute approximate surface area is 98.6 Å². The van der Waals surface area contributed by atoms with Crippen LogP contribution in [0.25, 0.3) is 0 Å². The number of anilines is 1. The molecule has 6 nitrogen and oxygen atoms in total. The highest BCUT2D eigenvalue weighted by Gasteiger charge is 2.42. The molecule has 3 rings (SSSR count). The second-order valence-electron chi connectivity index (χ2n) is 4.51. The minimum Gasteiger partial charge on any atom is -0.365 e. The summed E-state index contributed by atoms with van der Waals surface area (Å²) in [4.78, 5) is 17.6. The van der Waals surface area contributed by atoms with Gasteiger partial charge in [-0.15, -0.1) is 0 Å². The zero-order valence-corrected chi connectivity index (χ0v) is 9.26. The first-order valence-electron chi connectivity index (χ1n) is 5.66. The predicted molar refractivity (Wildman–Crippen MR) is 61.0 cm³/mol. The van der Waals surface area contributed by atoms with E-state index in [1.807, 2.05) is 0 Å². The number of carbonyl (C=O) groups is 1. The fourth-order valence-electron chi connectivity index (χ4n) is 2.59. The van der Waals surface area contributed by atoms with Crippen LogP contribution in [0.1, 0.15) is 10.4 Å². The standard InChI is InChI=1S/C11H14N4O2/c16-11(14-17)7-1-9(4-12-2-7)15-6-8-3-13-5-10(8)15/h1-2,4,8,10,13,17H,3,5-6H2,(H,14,16). The number of pyridine rings is 1. The van der Waals surface area contributed by atoms with Crippen LogP contribution in [0.2, 0.25) is 0 Å². The van der Waals surface area contributed by atoms with Crippen molar-refractivity contribution in [2.24, 2.45) is 5.92 Å². The Morgan fingerprint density at radius 1 is 1.53 bits per heavy atom. The SMILES string of the molecule is O=C(NO)c1cncc(N2CC3CNCC32)c1. The fraction of sp³-hybridized carbons (Fsp3) is 0.455. The maximum atomic E-state index is 11.3. The Kier molecular flexibility index (Phi) is 2.45. The molecule has 3 heterocycles. The lowest BCUT2D eigenvalue weighted by Crippen LogP contribution is -2.55. The summed E-state index contributed by atoms with van der Waals surface area (Å²) in [5, 5.41) is 11.9. The molecule has 1 aromatic rings. The minimum atomic E-state index is -0.527. The molecule has 1 amide bonds. The van der Waals surface area contributed by atoms with E-state index >= 15 is 0 Å². The zero-order chi connectivity index (χ0) is 11.8. The van der Waals surface area contributed by atoms with Crippen molar-refractivity contribution in [2.45, 2.75) is 6.04 Å². The highest BCUT2D eigenvalue weighted by atomic mass is 16.5. The number of nitrogens with zero attached hydrogens (tertiary/aromatic N) is 2. The summed E-state index contributed by atoms with van der Waals surface area (Å²) < 4.78 is 0. The maximum Gasteiger partial charge on any atom is 0.276 e. The van der Waals surface area contributed by atoms with Gasteiger partial charge in [-0.1, -0.05) is 0 Å². The molecule has 2 saturated heterocycles. The summed E-state index contributed by atoms with van der Waals surface area (Å²) in [6, 6.07) is 2.27. The Hall–Kier alpha value is -1.66. The van der Waals surface area contributed by atoms with Crippen molar-refractivity contribution in [2.75, 3.05) is 24.5 Å². The van der Waals surface area contributed by atoms with Gasteiger partial charge >= 0.3 is 0 Å². The highest BCUT2D eigenvalue weighted by Crippen LogP contribution is 2.32. The first-order chi connectivity index (χ1) is 8.29. The Morgan fingerprint density at radius 3 is 3.18 bits per heavy atom. The molecule has 3 N–H and O–H groups in total. The van der Waals surface area contributed by atoms with Gasteiger partial charge in [0.05, 0.1) is 17.4 Å². The van der Waals surface area contributed by atoms with E-state index in [-0.39, 0.29) is 0 Å². The first kappa shape index (κ1) is 10.5. The van der Waals surface area contributed by atoms with E-state index in [9.17, 15) is 4.79 Å². The van der Waals surface area contributed by atoms with Crippen molar-refractivity contribution in [3.05, 3.63) is 24.0 Å². The third kappa shape index (κ3) is 1.65. The molecule has 0 spiro atoms. The molecular formula is C11H14N4O2. The molecule has 90 valence electrons. The molecule has 2 aliphatic heterocycles. The average Bonchev–Trinajstić information content (AvgIpc) is 2.70. The molecule has 2 aliphatic rings. The first-order valence-corrected chi connectivity index (χ1v) is 5.66. The number of fused-ring (bicyclic) bond motifs is 1. The van der Waals surface area contributed by atoms with Crippen LogP contribution in [0.4, 0.5) is 5.69 Å². The second kappa shape index (κ2) is 3.97. The van der Waals surface area contributed by atoms with Gasteiger partial charge in [-0.2, -0.15) is 0 Å². The molecule has 2 fully saturated rings. The number of amides is 1. The summed E-state index contributed by atoms with van der Waals surface area (Å²) in [7, 11) is 0. The topological polar surface area (TPSA) is 77.5 Å². The summed E-state index contributed by atoms with van der Waals surface area (Å²) in [5.41, 5.74) is 2.94. The van der Waals surface area contributed by atoms with Gasteiger partial charge in [-0.3, -0.25) is 15.0 Å². The van der Waals surface area contributed by atoms with Crippen LogP contribution in [-0.2, 0) is 0 Å². The van der Waals surface area contributed by atoms with Crippen molar-refractivity contribution in [3.8, 4) is 0 Å². The third-order valence-electron chi connectivity index (χ3n) is 3.55. The molecule has 6 heteroatoms. The molecular weight excluding hydrogens is 220 g/mol. The van der Waals surface area contributed by atoms with E-state index in [1.165, 1.54) is 6.20 Å². The van der Waals surface area contributed by atoms with E-state index in [0.717, 1.165) is 25.3 Å². The van der Waals surface area contributed by atoms with Gasteiger partial charge in [0.15, 0.2) is 0 Å². The molecule has 2 unspecified atom stereocenters. The molecule has 0 aliphatic carbocycles. The van der Waals surface area contributed by atoms with Crippen LogP contribution >= 0.6 is 0 Å². The van der Waals surface area contributed by atoms with Gasteiger partial charge in [0, 0.05) is 37.8 Å². The number of hydrogen-bond donors (Lipinski definition) is 3. The van der Waals surface area contributed by atoms with E-state index in [1.54, 1.807) is 17.7 Å². The van der Waals surface area contributed by atoms with Crippen LogP contribution < -0.4 is 15.7 Å². The van der Waals surface area contributed by atoms with Crippen LogP contribution in [0.5, 0.6) is 0 Å². The molecule has 2 atom stereocenters. The van der Waals surface area contributed by atoms with Gasteiger partial charge in [0.1, 0.15) is 0 Å².